The van der Waals surface area contributed by atoms with Gasteiger partial charge in [-0.05, 0) is 49.8 Å². The van der Waals surface area contributed by atoms with Gasteiger partial charge in [0.25, 0.3) is 0 Å². The van der Waals surface area contributed by atoms with Gasteiger partial charge in [0, 0.05) is 18.4 Å². The van der Waals surface area contributed by atoms with E-state index in [0.29, 0.717) is 10.8 Å². The lowest BCUT2D eigenvalue weighted by Crippen LogP contribution is -2.39. The van der Waals surface area contributed by atoms with Crippen molar-refractivity contribution in [3.05, 3.63) is 48.4 Å². The molecule has 0 unspecified atom stereocenters. The summed E-state index contributed by atoms with van der Waals surface area (Å²) in [5, 5.41) is 0. The number of sulfonamides is 1. The van der Waals surface area contributed by atoms with E-state index in [4.69, 9.17) is 4.74 Å². The first-order valence-corrected chi connectivity index (χ1v) is 10.1. The van der Waals surface area contributed by atoms with E-state index >= 15 is 0 Å². The summed E-state index contributed by atoms with van der Waals surface area (Å²) in [7, 11) is -3.47. The van der Waals surface area contributed by atoms with E-state index in [1.165, 1.54) is 0 Å². The lowest BCUT2D eigenvalue weighted by molar-refractivity contribution is 0.138. The fourth-order valence-electron chi connectivity index (χ4n) is 3.01. The Hall–Kier alpha value is -1.99. The van der Waals surface area contributed by atoms with Gasteiger partial charge < -0.3 is 4.74 Å². The van der Waals surface area contributed by atoms with Gasteiger partial charge in [0.1, 0.15) is 6.10 Å². The molecule has 1 fully saturated rings. The van der Waals surface area contributed by atoms with Crippen LogP contribution in [0.4, 0.5) is 0 Å². The van der Waals surface area contributed by atoms with E-state index in [2.05, 4.69) is 14.7 Å². The van der Waals surface area contributed by atoms with Crippen LogP contribution in [0.3, 0.4) is 0 Å². The lowest BCUT2D eigenvalue weighted by atomic mass is 9.94. The summed E-state index contributed by atoms with van der Waals surface area (Å²) in [6.45, 7) is 2.04. The van der Waals surface area contributed by atoms with Gasteiger partial charge in [-0.1, -0.05) is 19.1 Å². The van der Waals surface area contributed by atoms with Crippen molar-refractivity contribution in [3.8, 4) is 5.88 Å². The lowest BCUT2D eigenvalue weighted by Gasteiger charge is -2.28. The van der Waals surface area contributed by atoms with Gasteiger partial charge in [0.15, 0.2) is 0 Å². The smallest absolute Gasteiger partial charge is 0.240 e. The second-order valence-corrected chi connectivity index (χ2v) is 7.97. The molecule has 1 heterocycles. The molecule has 0 bridgehead atoms. The molecule has 0 aliphatic heterocycles. The Morgan fingerprint density at radius 2 is 1.84 bits per heavy atom. The number of rotatable bonds is 6. The van der Waals surface area contributed by atoms with Gasteiger partial charge >= 0.3 is 0 Å². The zero-order valence-electron chi connectivity index (χ0n) is 14.3. The number of ether oxygens (including phenoxy) is 1. The standard InChI is InChI=1S/C18H23N3O3S/c1-2-14-3-9-17(10-4-14)25(22,23)21-15-5-7-16(8-6-15)24-18-13-19-11-12-20-18/h3-4,9-13,15-16,21H,2,5-8H2,1H3. The van der Waals surface area contributed by atoms with Crippen molar-refractivity contribution in [1.82, 2.24) is 14.7 Å². The van der Waals surface area contributed by atoms with Crippen LogP contribution >= 0.6 is 0 Å². The molecule has 1 aromatic carbocycles. The van der Waals surface area contributed by atoms with Gasteiger partial charge in [-0.25, -0.2) is 18.1 Å². The molecule has 1 N–H and O–H groups in total. The summed E-state index contributed by atoms with van der Waals surface area (Å²) in [5.74, 6) is 0.516. The topological polar surface area (TPSA) is 81.2 Å². The van der Waals surface area contributed by atoms with Crippen LogP contribution in [0.1, 0.15) is 38.2 Å². The highest BCUT2D eigenvalue weighted by atomic mass is 32.2. The molecule has 2 aromatic rings. The third-order valence-corrected chi connectivity index (χ3v) is 6.00. The molecule has 134 valence electrons. The molecular formula is C18H23N3O3S. The number of nitrogens with one attached hydrogen (secondary N) is 1. The highest BCUT2D eigenvalue weighted by molar-refractivity contribution is 7.89. The van der Waals surface area contributed by atoms with Crippen molar-refractivity contribution in [2.24, 2.45) is 0 Å². The summed E-state index contributed by atoms with van der Waals surface area (Å²) >= 11 is 0. The molecule has 1 aliphatic rings. The van der Waals surface area contributed by atoms with E-state index in [1.54, 1.807) is 30.7 Å². The van der Waals surface area contributed by atoms with Crippen LogP contribution in [0.2, 0.25) is 0 Å². The molecule has 0 radical (unpaired) electrons. The first-order chi connectivity index (χ1) is 12.1. The van der Waals surface area contributed by atoms with Crippen molar-refractivity contribution in [1.29, 1.82) is 0 Å². The summed E-state index contributed by atoms with van der Waals surface area (Å²) in [6.07, 6.45) is 8.81. The Labute approximate surface area is 148 Å². The number of aromatic nitrogens is 2. The Balaban J connectivity index is 1.54. The molecule has 7 heteroatoms. The van der Waals surface area contributed by atoms with Crippen molar-refractivity contribution < 1.29 is 13.2 Å². The molecule has 1 aliphatic carbocycles. The fraction of sp³-hybridized carbons (Fsp3) is 0.444. The zero-order chi connectivity index (χ0) is 17.7. The second kappa shape index (κ2) is 7.93. The first kappa shape index (κ1) is 17.8. The third-order valence-electron chi connectivity index (χ3n) is 4.46. The van der Waals surface area contributed by atoms with E-state index < -0.39 is 10.0 Å². The third kappa shape index (κ3) is 4.76. The first-order valence-electron chi connectivity index (χ1n) is 8.61. The van der Waals surface area contributed by atoms with E-state index in [1.807, 2.05) is 19.1 Å². The molecule has 0 spiro atoms. The fourth-order valence-corrected chi connectivity index (χ4v) is 4.31. The number of hydrogen-bond acceptors (Lipinski definition) is 5. The minimum atomic E-state index is -3.47. The maximum atomic E-state index is 12.5. The highest BCUT2D eigenvalue weighted by Crippen LogP contribution is 2.24. The summed E-state index contributed by atoms with van der Waals surface area (Å²) in [4.78, 5) is 8.41. The van der Waals surface area contributed by atoms with Crippen LogP contribution in [0.15, 0.2) is 47.8 Å². The number of aryl methyl sites for hydroxylation is 1. The predicted molar refractivity (Wildman–Crippen MR) is 94.8 cm³/mol. The Morgan fingerprint density at radius 1 is 1.12 bits per heavy atom. The second-order valence-electron chi connectivity index (χ2n) is 6.25. The maximum Gasteiger partial charge on any atom is 0.240 e. The van der Waals surface area contributed by atoms with Gasteiger partial charge in [0.05, 0.1) is 11.1 Å². The van der Waals surface area contributed by atoms with Gasteiger partial charge in [-0.3, -0.25) is 4.98 Å². The normalized spacial score (nSPS) is 21.0. The van der Waals surface area contributed by atoms with Crippen LogP contribution in [0, 0.1) is 0 Å². The van der Waals surface area contributed by atoms with Gasteiger partial charge in [-0.2, -0.15) is 0 Å². The molecule has 0 saturated heterocycles. The summed E-state index contributed by atoms with van der Waals surface area (Å²) in [6, 6.07) is 7.01. The molecule has 0 amide bonds. The van der Waals surface area contributed by atoms with Crippen LogP contribution in [0.5, 0.6) is 5.88 Å². The van der Waals surface area contributed by atoms with E-state index in [0.717, 1.165) is 37.7 Å². The average molecular weight is 361 g/mol. The van der Waals surface area contributed by atoms with Crippen LogP contribution in [0.25, 0.3) is 0 Å². The zero-order valence-corrected chi connectivity index (χ0v) is 15.1. The summed E-state index contributed by atoms with van der Waals surface area (Å²) in [5.41, 5.74) is 1.13. The van der Waals surface area contributed by atoms with Gasteiger partial charge in [0.2, 0.25) is 15.9 Å². The number of benzene rings is 1. The minimum absolute atomic E-state index is 0.0568. The maximum absolute atomic E-state index is 12.5. The Kier molecular flexibility index (Phi) is 5.65. The Bertz CT molecular complexity index is 771. The monoisotopic (exact) mass is 361 g/mol. The van der Waals surface area contributed by atoms with Crippen molar-refractivity contribution in [3.63, 3.8) is 0 Å². The van der Waals surface area contributed by atoms with Crippen LogP contribution in [-0.4, -0.2) is 30.5 Å². The quantitative estimate of drug-likeness (QED) is 0.855. The molecule has 0 atom stereocenters. The average Bonchev–Trinajstić information content (AvgIpc) is 2.64. The molecular weight excluding hydrogens is 338 g/mol. The predicted octanol–water partition coefficient (Wildman–Crippen LogP) is 2.71. The van der Waals surface area contributed by atoms with Crippen LogP contribution < -0.4 is 9.46 Å². The molecule has 6 nitrogen and oxygen atoms in total. The van der Waals surface area contributed by atoms with Crippen molar-refractivity contribution in [2.45, 2.75) is 56.1 Å². The molecule has 25 heavy (non-hydrogen) atoms. The number of nitrogens with zero attached hydrogens (tertiary/aromatic N) is 2. The van der Waals surface area contributed by atoms with E-state index in [9.17, 15) is 8.42 Å². The molecule has 1 aromatic heterocycles. The van der Waals surface area contributed by atoms with Crippen molar-refractivity contribution in [2.75, 3.05) is 0 Å². The Morgan fingerprint density at radius 3 is 2.44 bits per heavy atom. The largest absolute Gasteiger partial charge is 0.473 e. The summed E-state index contributed by atoms with van der Waals surface area (Å²) < 4.78 is 33.6. The highest BCUT2D eigenvalue weighted by Gasteiger charge is 2.26. The molecule has 3 rings (SSSR count). The van der Waals surface area contributed by atoms with Gasteiger partial charge in [-0.15, -0.1) is 0 Å². The molecule has 1 saturated carbocycles. The van der Waals surface area contributed by atoms with E-state index in [-0.39, 0.29) is 12.1 Å². The van der Waals surface area contributed by atoms with Crippen molar-refractivity contribution >= 4 is 10.0 Å². The number of hydrogen-bond donors (Lipinski definition) is 1. The minimum Gasteiger partial charge on any atom is -0.473 e. The SMILES string of the molecule is CCc1ccc(S(=O)(=O)NC2CCC(Oc3cnccn3)CC2)cc1. The van der Waals surface area contributed by atoms with Crippen LogP contribution in [-0.2, 0) is 16.4 Å².